The minimum absolute atomic E-state index is 0.419. The molecular weight excluding hydrogens is 296 g/mol. The van der Waals surface area contributed by atoms with E-state index in [4.69, 9.17) is 15.2 Å². The van der Waals surface area contributed by atoms with Crippen molar-refractivity contribution in [2.24, 2.45) is 0 Å². The topological polar surface area (TPSA) is 57.4 Å². The van der Waals surface area contributed by atoms with Gasteiger partial charge in [0.2, 0.25) is 5.88 Å². The zero-order chi connectivity index (χ0) is 13.0. The van der Waals surface area contributed by atoms with Crippen LogP contribution in [0.5, 0.6) is 11.6 Å². The largest absolute Gasteiger partial charge is 0.497 e. The molecule has 5 heteroatoms. The molecule has 0 aliphatic rings. The first kappa shape index (κ1) is 12.7. The molecule has 0 saturated heterocycles. The number of nitrogens with zero attached hydrogens (tertiary/aromatic N) is 1. The molecule has 1 aromatic heterocycles. The Labute approximate surface area is 114 Å². The van der Waals surface area contributed by atoms with Crippen molar-refractivity contribution in [1.82, 2.24) is 4.98 Å². The normalized spacial score (nSPS) is 10.1. The van der Waals surface area contributed by atoms with Crippen LogP contribution in [0.2, 0.25) is 0 Å². The fourth-order valence-electron chi connectivity index (χ4n) is 1.44. The third-order valence-electron chi connectivity index (χ3n) is 2.38. The molecule has 0 amide bonds. The average molecular weight is 309 g/mol. The number of hydrogen-bond acceptors (Lipinski definition) is 4. The maximum atomic E-state index is 5.79. The van der Waals surface area contributed by atoms with Crippen LogP contribution in [0.1, 0.15) is 5.56 Å². The summed E-state index contributed by atoms with van der Waals surface area (Å²) in [4.78, 5) is 4.11. The van der Waals surface area contributed by atoms with Gasteiger partial charge in [0.05, 0.1) is 12.8 Å². The molecule has 18 heavy (non-hydrogen) atoms. The Morgan fingerprint density at radius 1 is 1.28 bits per heavy atom. The molecule has 1 heterocycles. The molecule has 0 radical (unpaired) electrons. The van der Waals surface area contributed by atoms with Gasteiger partial charge in [-0.25, -0.2) is 4.98 Å². The number of methoxy groups -OCH3 is 1. The predicted octanol–water partition coefficient (Wildman–Crippen LogP) is 3.01. The summed E-state index contributed by atoms with van der Waals surface area (Å²) in [5.41, 5.74) is 7.33. The second kappa shape index (κ2) is 5.73. The van der Waals surface area contributed by atoms with Crippen LogP contribution in [0, 0.1) is 0 Å². The van der Waals surface area contributed by atoms with Crippen LogP contribution < -0.4 is 15.2 Å². The van der Waals surface area contributed by atoms with Gasteiger partial charge in [-0.2, -0.15) is 0 Å². The van der Waals surface area contributed by atoms with Gasteiger partial charge >= 0.3 is 0 Å². The Hall–Kier alpha value is -1.75. The van der Waals surface area contributed by atoms with E-state index in [2.05, 4.69) is 20.9 Å². The van der Waals surface area contributed by atoms with Crippen molar-refractivity contribution in [1.29, 1.82) is 0 Å². The van der Waals surface area contributed by atoms with Crippen molar-refractivity contribution in [3.05, 3.63) is 46.6 Å². The van der Waals surface area contributed by atoms with Gasteiger partial charge in [-0.1, -0.05) is 12.1 Å². The molecule has 0 saturated carbocycles. The Morgan fingerprint density at radius 2 is 2.00 bits per heavy atom. The zero-order valence-electron chi connectivity index (χ0n) is 9.89. The summed E-state index contributed by atoms with van der Waals surface area (Å²) in [5, 5.41) is 0. The third kappa shape index (κ3) is 3.13. The Kier molecular flexibility index (Phi) is 4.04. The van der Waals surface area contributed by atoms with Crippen LogP contribution >= 0.6 is 15.9 Å². The summed E-state index contributed by atoms with van der Waals surface area (Å²) in [6.45, 7) is 0.419. The van der Waals surface area contributed by atoms with Gasteiger partial charge in [0, 0.05) is 10.7 Å². The first-order chi connectivity index (χ1) is 8.69. The van der Waals surface area contributed by atoms with E-state index in [0.717, 1.165) is 15.8 Å². The minimum Gasteiger partial charge on any atom is -0.497 e. The van der Waals surface area contributed by atoms with Crippen LogP contribution in [0.4, 0.5) is 5.69 Å². The smallest absolute Gasteiger partial charge is 0.237 e. The predicted molar refractivity (Wildman–Crippen MR) is 73.7 cm³/mol. The number of pyridine rings is 1. The molecule has 2 N–H and O–H groups in total. The highest BCUT2D eigenvalue weighted by Gasteiger charge is 2.03. The van der Waals surface area contributed by atoms with Crippen molar-refractivity contribution in [2.45, 2.75) is 6.61 Å². The highest BCUT2D eigenvalue weighted by molar-refractivity contribution is 9.10. The summed E-state index contributed by atoms with van der Waals surface area (Å²) in [7, 11) is 1.64. The van der Waals surface area contributed by atoms with E-state index in [1.165, 1.54) is 0 Å². The van der Waals surface area contributed by atoms with Gasteiger partial charge in [-0.3, -0.25) is 0 Å². The fourth-order valence-corrected chi connectivity index (χ4v) is 1.79. The van der Waals surface area contributed by atoms with Crippen LogP contribution in [0.15, 0.2) is 41.0 Å². The molecule has 0 spiro atoms. The van der Waals surface area contributed by atoms with E-state index in [-0.39, 0.29) is 0 Å². The lowest BCUT2D eigenvalue weighted by atomic mass is 10.2. The van der Waals surface area contributed by atoms with Gasteiger partial charge < -0.3 is 15.2 Å². The Bertz CT molecular complexity index is 529. The Morgan fingerprint density at radius 3 is 2.61 bits per heavy atom. The lowest BCUT2D eigenvalue weighted by Crippen LogP contribution is -2.00. The molecule has 4 nitrogen and oxygen atoms in total. The second-order valence-corrected chi connectivity index (χ2v) is 4.60. The number of benzene rings is 1. The van der Waals surface area contributed by atoms with Crippen molar-refractivity contribution < 1.29 is 9.47 Å². The summed E-state index contributed by atoms with van der Waals surface area (Å²) < 4.78 is 11.5. The number of hydrogen-bond donors (Lipinski definition) is 1. The summed E-state index contributed by atoms with van der Waals surface area (Å²) in [5.74, 6) is 1.26. The lowest BCUT2D eigenvalue weighted by molar-refractivity contribution is 0.295. The number of nitrogen functional groups attached to an aromatic ring is 1. The van der Waals surface area contributed by atoms with E-state index in [1.807, 2.05) is 24.3 Å². The van der Waals surface area contributed by atoms with Gasteiger partial charge in [-0.05, 0) is 39.7 Å². The van der Waals surface area contributed by atoms with Crippen molar-refractivity contribution >= 4 is 21.6 Å². The minimum atomic E-state index is 0.419. The van der Waals surface area contributed by atoms with E-state index in [1.54, 1.807) is 19.4 Å². The first-order valence-corrected chi connectivity index (χ1v) is 6.15. The second-order valence-electron chi connectivity index (χ2n) is 3.68. The van der Waals surface area contributed by atoms with Crippen LogP contribution in [0.25, 0.3) is 0 Å². The monoisotopic (exact) mass is 308 g/mol. The number of nitrogens with two attached hydrogens (primary N) is 1. The maximum Gasteiger partial charge on any atom is 0.237 e. The molecule has 0 atom stereocenters. The zero-order valence-corrected chi connectivity index (χ0v) is 11.5. The highest BCUT2D eigenvalue weighted by atomic mass is 79.9. The molecular formula is C13H13BrN2O2. The fraction of sp³-hybridized carbons (Fsp3) is 0.154. The molecule has 0 aliphatic carbocycles. The van der Waals surface area contributed by atoms with E-state index in [0.29, 0.717) is 18.2 Å². The van der Waals surface area contributed by atoms with E-state index in [9.17, 15) is 0 Å². The van der Waals surface area contributed by atoms with Crippen molar-refractivity contribution in [2.75, 3.05) is 12.8 Å². The molecule has 94 valence electrons. The molecule has 2 aromatic rings. The van der Waals surface area contributed by atoms with E-state index < -0.39 is 0 Å². The first-order valence-electron chi connectivity index (χ1n) is 5.36. The van der Waals surface area contributed by atoms with Crippen LogP contribution in [-0.4, -0.2) is 12.1 Å². The molecule has 0 bridgehead atoms. The molecule has 2 rings (SSSR count). The maximum absolute atomic E-state index is 5.79. The number of halogens is 1. The summed E-state index contributed by atoms with van der Waals surface area (Å²) >= 11 is 3.30. The summed E-state index contributed by atoms with van der Waals surface area (Å²) in [6.07, 6.45) is 1.65. The van der Waals surface area contributed by atoms with Gasteiger partial charge in [-0.15, -0.1) is 0 Å². The van der Waals surface area contributed by atoms with Gasteiger partial charge in [0.1, 0.15) is 12.4 Å². The number of aromatic nitrogens is 1. The SMILES string of the molecule is COc1ccc(COc2ncc(Br)cc2N)cc1. The van der Waals surface area contributed by atoms with Crippen molar-refractivity contribution in [3.63, 3.8) is 0 Å². The Balaban J connectivity index is 2.02. The third-order valence-corrected chi connectivity index (χ3v) is 2.81. The molecule has 0 aliphatic heterocycles. The van der Waals surface area contributed by atoms with Gasteiger partial charge in [0.15, 0.2) is 0 Å². The quantitative estimate of drug-likeness (QED) is 0.943. The van der Waals surface area contributed by atoms with E-state index >= 15 is 0 Å². The molecule has 0 fully saturated rings. The number of rotatable bonds is 4. The van der Waals surface area contributed by atoms with Crippen molar-refractivity contribution in [3.8, 4) is 11.6 Å². The highest BCUT2D eigenvalue weighted by Crippen LogP contribution is 2.23. The standard InChI is InChI=1S/C13H13BrN2O2/c1-17-11-4-2-9(3-5-11)8-18-13-12(15)6-10(14)7-16-13/h2-7H,8,15H2,1H3. The average Bonchev–Trinajstić information content (AvgIpc) is 2.38. The molecule has 1 aromatic carbocycles. The number of ether oxygens (including phenoxy) is 2. The van der Waals surface area contributed by atoms with Crippen LogP contribution in [0.3, 0.4) is 0 Å². The molecule has 0 unspecified atom stereocenters. The van der Waals surface area contributed by atoms with Gasteiger partial charge in [0.25, 0.3) is 0 Å². The lowest BCUT2D eigenvalue weighted by Gasteiger charge is -2.08. The summed E-state index contributed by atoms with van der Waals surface area (Å²) in [6, 6.07) is 9.41. The number of anilines is 1. The van der Waals surface area contributed by atoms with Crippen LogP contribution in [-0.2, 0) is 6.61 Å².